The molecule has 0 aromatic carbocycles. The van der Waals surface area contributed by atoms with Gasteiger partial charge in [0.2, 0.25) is 0 Å². The Morgan fingerprint density at radius 1 is 1.40 bits per heavy atom. The van der Waals surface area contributed by atoms with Crippen LogP contribution in [-0.4, -0.2) is 32.1 Å². The molecule has 0 spiro atoms. The molecule has 0 unspecified atom stereocenters. The van der Waals surface area contributed by atoms with Crippen LogP contribution >= 0.6 is 0 Å². The van der Waals surface area contributed by atoms with Crippen LogP contribution in [0.25, 0.3) is 0 Å². The predicted octanol–water partition coefficient (Wildman–Crippen LogP) is -3.31. The van der Waals surface area contributed by atoms with Crippen molar-refractivity contribution in [2.45, 2.75) is 12.8 Å². The van der Waals surface area contributed by atoms with Crippen LogP contribution < -0.4 is 56.5 Å². The molecule has 0 aromatic heterocycles. The van der Waals surface area contributed by atoms with Gasteiger partial charge < -0.3 is 10.0 Å². The minimum Gasteiger partial charge on any atom is -0.854 e. The summed E-state index contributed by atoms with van der Waals surface area (Å²) in [4.78, 5) is 2.10. The van der Waals surface area contributed by atoms with Gasteiger partial charge in [-0.1, -0.05) is 0 Å². The van der Waals surface area contributed by atoms with Gasteiger partial charge in [0.1, 0.15) is 0 Å². The maximum atomic E-state index is 10.5. The second-order valence-corrected chi connectivity index (χ2v) is 3.38. The maximum Gasteiger partial charge on any atom is 1.00 e. The Labute approximate surface area is 105 Å². The molecule has 0 amide bonds. The Balaban J connectivity index is 0.000000810. The van der Waals surface area contributed by atoms with Crippen LogP contribution in [-0.2, 0) is 0 Å². The quantitative estimate of drug-likeness (QED) is 0.412. The summed E-state index contributed by atoms with van der Waals surface area (Å²) >= 11 is 0. The summed E-state index contributed by atoms with van der Waals surface area (Å²) in [5, 5.41) is 10.5. The molecule has 1 aliphatic rings. The number of hydrogen-bond acceptors (Lipinski definition) is 2. The van der Waals surface area contributed by atoms with Gasteiger partial charge in [-0.05, 0) is 32.4 Å². The number of hydrogen-bond donors (Lipinski definition) is 0. The summed E-state index contributed by atoms with van der Waals surface area (Å²) in [6.07, 6.45) is 2.30. The average molecular weight is 167 g/mol. The van der Waals surface area contributed by atoms with Crippen molar-refractivity contribution in [3.63, 3.8) is 0 Å². The van der Waals surface area contributed by atoms with E-state index in [9.17, 15) is 5.11 Å². The Kier molecular flexibility index (Phi) is 5.26. The van der Waals surface area contributed by atoms with Crippen LogP contribution in [0.1, 0.15) is 12.8 Å². The summed E-state index contributed by atoms with van der Waals surface area (Å²) in [5.74, 6) is 0. The van der Waals surface area contributed by atoms with Crippen molar-refractivity contribution in [1.82, 2.24) is 4.90 Å². The van der Waals surface area contributed by atoms with E-state index in [1.807, 2.05) is 14.1 Å². The van der Waals surface area contributed by atoms with Crippen LogP contribution in [0.2, 0.25) is 0 Å². The molecule has 2 nitrogen and oxygen atoms in total. The number of nitrogens with zero attached hydrogens (tertiary/aromatic N) is 1. The summed E-state index contributed by atoms with van der Waals surface area (Å²) in [6, 6.07) is 0. The van der Waals surface area contributed by atoms with Gasteiger partial charge in [0.25, 0.3) is 0 Å². The van der Waals surface area contributed by atoms with Crippen LogP contribution in [0.5, 0.6) is 0 Å². The minimum absolute atomic E-state index is 0. The van der Waals surface area contributed by atoms with Gasteiger partial charge in [0.15, 0.2) is 0 Å². The van der Waals surface area contributed by atoms with Gasteiger partial charge in [0.05, 0.1) is 0 Å². The van der Waals surface area contributed by atoms with E-state index in [0.717, 1.165) is 19.4 Å². The largest absolute Gasteiger partial charge is 1.00 e. The van der Waals surface area contributed by atoms with Gasteiger partial charge in [0, 0.05) is 6.54 Å². The molecule has 54 valence electrons. The predicted molar refractivity (Wildman–Crippen MR) is 35.1 cm³/mol. The molecule has 1 fully saturated rings. The summed E-state index contributed by atoms with van der Waals surface area (Å²) in [7, 11) is 4.05. The zero-order valence-corrected chi connectivity index (χ0v) is 10.3. The van der Waals surface area contributed by atoms with Crippen LogP contribution in [0.15, 0.2) is 0 Å². The molecule has 0 N–H and O–H groups in total. The van der Waals surface area contributed by atoms with E-state index in [1.165, 1.54) is 0 Å². The van der Waals surface area contributed by atoms with Crippen molar-refractivity contribution in [1.29, 1.82) is 0 Å². The SMILES string of the molecule is CN(C)CC1(C[O-])CC1.[K+]. The Morgan fingerprint density at radius 2 is 1.90 bits per heavy atom. The van der Waals surface area contributed by atoms with Crippen molar-refractivity contribution in [3.8, 4) is 0 Å². The first-order valence-corrected chi connectivity index (χ1v) is 3.41. The van der Waals surface area contributed by atoms with Gasteiger partial charge in [-0.3, -0.25) is 0 Å². The zero-order valence-electron chi connectivity index (χ0n) is 7.18. The molecule has 0 heterocycles. The third-order valence-electron chi connectivity index (χ3n) is 1.91. The van der Waals surface area contributed by atoms with E-state index in [-0.39, 0.29) is 63.4 Å². The standard InChI is InChI=1S/C7H14NO.K/c1-8(2)5-7(6-9)3-4-7;/h3-6H2,1-2H3;/q-1;+1. The molecule has 1 aliphatic carbocycles. The number of rotatable bonds is 3. The van der Waals surface area contributed by atoms with Gasteiger partial charge in [-0.2, -0.15) is 0 Å². The minimum atomic E-state index is 0. The first-order chi connectivity index (χ1) is 4.18. The van der Waals surface area contributed by atoms with Crippen LogP contribution in [0.3, 0.4) is 0 Å². The molecule has 0 atom stereocenters. The molecule has 0 aliphatic heterocycles. The molecule has 1 saturated carbocycles. The van der Waals surface area contributed by atoms with Crippen LogP contribution in [0.4, 0.5) is 0 Å². The fourth-order valence-electron chi connectivity index (χ4n) is 1.20. The molecule has 0 saturated heterocycles. The molecule has 3 heteroatoms. The van der Waals surface area contributed by atoms with Gasteiger partial charge >= 0.3 is 51.4 Å². The monoisotopic (exact) mass is 167 g/mol. The van der Waals surface area contributed by atoms with E-state index >= 15 is 0 Å². The van der Waals surface area contributed by atoms with Gasteiger partial charge in [-0.25, -0.2) is 0 Å². The third kappa shape index (κ3) is 3.30. The van der Waals surface area contributed by atoms with Crippen molar-refractivity contribution in [3.05, 3.63) is 0 Å². The molecular formula is C7H14KNO. The van der Waals surface area contributed by atoms with Crippen LogP contribution in [0, 0.1) is 5.41 Å². The van der Waals surface area contributed by atoms with E-state index in [2.05, 4.69) is 4.90 Å². The summed E-state index contributed by atoms with van der Waals surface area (Å²) < 4.78 is 0. The van der Waals surface area contributed by atoms with E-state index < -0.39 is 0 Å². The van der Waals surface area contributed by atoms with Crippen molar-refractivity contribution in [2.75, 3.05) is 27.2 Å². The average Bonchev–Trinajstić information content (AvgIpc) is 2.48. The second-order valence-electron chi connectivity index (χ2n) is 3.38. The molecule has 0 aromatic rings. The molecule has 1 rings (SSSR count). The van der Waals surface area contributed by atoms with E-state index in [4.69, 9.17) is 0 Å². The second kappa shape index (κ2) is 4.55. The molecule has 0 bridgehead atoms. The van der Waals surface area contributed by atoms with Crippen molar-refractivity contribution in [2.24, 2.45) is 5.41 Å². The third-order valence-corrected chi connectivity index (χ3v) is 1.91. The topological polar surface area (TPSA) is 26.3 Å². The molecular weight excluding hydrogens is 153 g/mol. The first kappa shape index (κ1) is 11.6. The smallest absolute Gasteiger partial charge is 0.854 e. The maximum absolute atomic E-state index is 10.5. The Hall–Kier alpha value is 1.56. The molecule has 0 radical (unpaired) electrons. The zero-order chi connectivity index (χ0) is 6.91. The van der Waals surface area contributed by atoms with Crippen molar-refractivity contribution >= 4 is 0 Å². The summed E-state index contributed by atoms with van der Waals surface area (Å²) in [5.41, 5.74) is 0.184. The first-order valence-electron chi connectivity index (χ1n) is 3.41. The Morgan fingerprint density at radius 3 is 2.00 bits per heavy atom. The summed E-state index contributed by atoms with van der Waals surface area (Å²) in [6.45, 7) is 1.10. The molecule has 10 heavy (non-hydrogen) atoms. The van der Waals surface area contributed by atoms with Gasteiger partial charge in [-0.15, -0.1) is 6.61 Å². The fraction of sp³-hybridized carbons (Fsp3) is 1.00. The Bertz CT molecular complexity index is 102. The van der Waals surface area contributed by atoms with Crippen molar-refractivity contribution < 1.29 is 56.5 Å². The van der Waals surface area contributed by atoms with E-state index in [1.54, 1.807) is 0 Å². The van der Waals surface area contributed by atoms with E-state index in [0.29, 0.717) is 0 Å². The normalized spacial score (nSPS) is 20.4. The fourth-order valence-corrected chi connectivity index (χ4v) is 1.20.